The van der Waals surface area contributed by atoms with Gasteiger partial charge in [-0.2, -0.15) is 0 Å². The summed E-state index contributed by atoms with van der Waals surface area (Å²) in [5.74, 6) is 0.0548. The summed E-state index contributed by atoms with van der Waals surface area (Å²) in [6, 6.07) is 13.8. The second-order valence-corrected chi connectivity index (χ2v) is 8.64. The predicted molar refractivity (Wildman–Crippen MR) is 106 cm³/mol. The number of nitrogens with zero attached hydrogens (tertiary/aromatic N) is 2. The first kappa shape index (κ1) is 17.9. The number of aryl methyl sites for hydroxylation is 1. The van der Waals surface area contributed by atoms with Crippen molar-refractivity contribution in [3.05, 3.63) is 58.6 Å². The number of hydrogen-bond donors (Lipinski definition) is 0. The van der Waals surface area contributed by atoms with Gasteiger partial charge in [-0.3, -0.25) is 9.69 Å². The van der Waals surface area contributed by atoms with Crippen molar-refractivity contribution in [1.29, 1.82) is 0 Å². The fourth-order valence-electron chi connectivity index (χ4n) is 2.66. The third kappa shape index (κ3) is 3.86. The van der Waals surface area contributed by atoms with Crippen molar-refractivity contribution >= 4 is 44.2 Å². The van der Waals surface area contributed by atoms with Crippen LogP contribution in [0.3, 0.4) is 0 Å². The molecule has 0 atom stereocenters. The minimum atomic E-state index is -0.487. The molecule has 0 bridgehead atoms. The van der Waals surface area contributed by atoms with E-state index in [1.807, 2.05) is 70.2 Å². The molecule has 0 saturated heterocycles. The number of hydrogen-bond acceptors (Lipinski definition) is 3. The van der Waals surface area contributed by atoms with Gasteiger partial charge in [0.05, 0.1) is 16.8 Å². The smallest absolute Gasteiger partial charge is 0.234 e. The Balaban J connectivity index is 2.08. The van der Waals surface area contributed by atoms with E-state index in [1.165, 1.54) is 11.3 Å². The number of aromatic nitrogens is 1. The van der Waals surface area contributed by atoms with E-state index in [9.17, 15) is 4.79 Å². The molecule has 0 radical (unpaired) electrons. The van der Waals surface area contributed by atoms with Crippen molar-refractivity contribution in [3.8, 4) is 0 Å². The second kappa shape index (κ2) is 6.77. The molecular formula is C20H21ClN2OS. The first-order valence-electron chi connectivity index (χ1n) is 8.18. The molecule has 3 rings (SSSR count). The highest BCUT2D eigenvalue weighted by molar-refractivity contribution is 7.22. The summed E-state index contributed by atoms with van der Waals surface area (Å²) in [6.45, 7) is 8.29. The van der Waals surface area contributed by atoms with Crippen LogP contribution in [0.2, 0.25) is 5.02 Å². The maximum atomic E-state index is 13.1. The first-order chi connectivity index (χ1) is 11.8. The molecule has 0 N–H and O–H groups in total. The number of fused-ring (bicyclic) bond motifs is 1. The number of rotatable bonds is 3. The lowest BCUT2D eigenvalue weighted by Crippen LogP contribution is -2.39. The molecule has 1 amide bonds. The number of carbonyl (C=O) groups excluding carboxylic acids is 1. The lowest BCUT2D eigenvalue weighted by Gasteiger charge is -2.27. The number of carbonyl (C=O) groups is 1. The lowest BCUT2D eigenvalue weighted by atomic mass is 9.94. The lowest BCUT2D eigenvalue weighted by molar-refractivity contribution is -0.125. The third-order valence-electron chi connectivity index (χ3n) is 3.94. The molecule has 1 aromatic heterocycles. The van der Waals surface area contributed by atoms with Crippen LogP contribution in [-0.4, -0.2) is 10.9 Å². The highest BCUT2D eigenvalue weighted by Gasteiger charge is 2.30. The van der Waals surface area contributed by atoms with Gasteiger partial charge in [0, 0.05) is 10.4 Å². The highest BCUT2D eigenvalue weighted by atomic mass is 35.5. The average molecular weight is 373 g/mol. The monoisotopic (exact) mass is 372 g/mol. The Kier molecular flexibility index (Phi) is 4.85. The third-order valence-corrected chi connectivity index (χ3v) is 5.18. The number of halogens is 1. The van der Waals surface area contributed by atoms with E-state index in [2.05, 4.69) is 0 Å². The Hall–Kier alpha value is -1.91. The molecule has 0 aliphatic heterocycles. The largest absolute Gasteiger partial charge is 0.283 e. The normalized spacial score (nSPS) is 11.7. The minimum absolute atomic E-state index is 0.0548. The molecular weight excluding hydrogens is 352 g/mol. The topological polar surface area (TPSA) is 33.2 Å². The summed E-state index contributed by atoms with van der Waals surface area (Å²) in [5, 5.41) is 1.40. The van der Waals surface area contributed by atoms with E-state index in [-0.39, 0.29) is 5.91 Å². The van der Waals surface area contributed by atoms with Crippen LogP contribution < -0.4 is 4.90 Å². The summed E-state index contributed by atoms with van der Waals surface area (Å²) in [6.07, 6.45) is 0. The number of thiazole rings is 1. The summed E-state index contributed by atoms with van der Waals surface area (Å²) < 4.78 is 1.000. The summed E-state index contributed by atoms with van der Waals surface area (Å²) in [5.41, 5.74) is 2.52. The van der Waals surface area contributed by atoms with E-state index >= 15 is 0 Å². The van der Waals surface area contributed by atoms with E-state index in [4.69, 9.17) is 16.6 Å². The van der Waals surface area contributed by atoms with Crippen LogP contribution >= 0.6 is 22.9 Å². The van der Waals surface area contributed by atoms with Crippen molar-refractivity contribution in [2.45, 2.75) is 34.2 Å². The van der Waals surface area contributed by atoms with Gasteiger partial charge in [0.25, 0.3) is 0 Å². The molecule has 0 unspecified atom stereocenters. The Morgan fingerprint density at radius 3 is 2.52 bits per heavy atom. The van der Waals surface area contributed by atoms with E-state index < -0.39 is 5.41 Å². The van der Waals surface area contributed by atoms with Crippen molar-refractivity contribution in [1.82, 2.24) is 4.98 Å². The molecule has 25 heavy (non-hydrogen) atoms. The Morgan fingerprint density at radius 2 is 1.88 bits per heavy atom. The standard InChI is InChI=1S/C20H21ClN2OS/c1-13-10-15(21)11-16-17(13)22-19(25-16)23(18(24)20(2,3)4)12-14-8-6-5-7-9-14/h5-11H,12H2,1-4H3. The minimum Gasteiger partial charge on any atom is -0.283 e. The molecule has 130 valence electrons. The molecule has 0 saturated carbocycles. The Morgan fingerprint density at radius 1 is 1.20 bits per heavy atom. The van der Waals surface area contributed by atoms with Gasteiger partial charge in [-0.25, -0.2) is 4.98 Å². The number of benzene rings is 2. The zero-order chi connectivity index (χ0) is 18.2. The van der Waals surface area contributed by atoms with Crippen LogP contribution in [0.1, 0.15) is 31.9 Å². The van der Waals surface area contributed by atoms with E-state index in [0.29, 0.717) is 16.7 Å². The molecule has 3 nitrogen and oxygen atoms in total. The van der Waals surface area contributed by atoms with Crippen molar-refractivity contribution in [3.63, 3.8) is 0 Å². The van der Waals surface area contributed by atoms with Crippen molar-refractivity contribution < 1.29 is 4.79 Å². The summed E-state index contributed by atoms with van der Waals surface area (Å²) in [7, 11) is 0. The first-order valence-corrected chi connectivity index (χ1v) is 9.38. The maximum absolute atomic E-state index is 13.1. The van der Waals surface area contributed by atoms with Crippen LogP contribution in [0, 0.1) is 12.3 Å². The van der Waals surface area contributed by atoms with Crippen LogP contribution in [0.5, 0.6) is 0 Å². The van der Waals surface area contributed by atoms with Crippen molar-refractivity contribution in [2.24, 2.45) is 5.41 Å². The molecule has 0 aliphatic rings. The SMILES string of the molecule is Cc1cc(Cl)cc2sc(N(Cc3ccccc3)C(=O)C(C)(C)C)nc12. The maximum Gasteiger partial charge on any atom is 0.234 e. The van der Waals surface area contributed by atoms with Crippen molar-refractivity contribution in [2.75, 3.05) is 4.90 Å². The van der Waals surface area contributed by atoms with Crippen LogP contribution in [0.25, 0.3) is 10.2 Å². The molecule has 0 spiro atoms. The predicted octanol–water partition coefficient (Wildman–Crippen LogP) is 5.84. The second-order valence-electron chi connectivity index (χ2n) is 7.19. The quantitative estimate of drug-likeness (QED) is 0.578. The summed E-state index contributed by atoms with van der Waals surface area (Å²) in [4.78, 5) is 19.6. The zero-order valence-corrected chi connectivity index (χ0v) is 16.4. The van der Waals surface area contributed by atoms with Gasteiger partial charge in [-0.05, 0) is 30.2 Å². The Bertz CT molecular complexity index is 913. The van der Waals surface area contributed by atoms with Crippen LogP contribution in [0.4, 0.5) is 5.13 Å². The van der Waals surface area contributed by atoms with Gasteiger partial charge in [0.1, 0.15) is 0 Å². The van der Waals surface area contributed by atoms with Gasteiger partial charge in [-0.15, -0.1) is 0 Å². The van der Waals surface area contributed by atoms with E-state index in [0.717, 1.165) is 21.3 Å². The zero-order valence-electron chi connectivity index (χ0n) is 14.8. The molecule has 0 aliphatic carbocycles. The fourth-order valence-corrected chi connectivity index (χ4v) is 4.07. The van der Waals surface area contributed by atoms with Crippen LogP contribution in [-0.2, 0) is 11.3 Å². The molecule has 2 aromatic carbocycles. The van der Waals surface area contributed by atoms with E-state index in [1.54, 1.807) is 4.90 Å². The van der Waals surface area contributed by atoms with Gasteiger partial charge < -0.3 is 0 Å². The molecule has 3 aromatic rings. The van der Waals surface area contributed by atoms with Gasteiger partial charge in [0.15, 0.2) is 5.13 Å². The Labute approximate surface area is 157 Å². The van der Waals surface area contributed by atoms with Gasteiger partial charge in [-0.1, -0.05) is 74.0 Å². The molecule has 0 fully saturated rings. The number of amides is 1. The van der Waals surface area contributed by atoms with Gasteiger partial charge >= 0.3 is 0 Å². The molecule has 5 heteroatoms. The van der Waals surface area contributed by atoms with Crippen LogP contribution in [0.15, 0.2) is 42.5 Å². The highest BCUT2D eigenvalue weighted by Crippen LogP contribution is 2.35. The summed E-state index contributed by atoms with van der Waals surface area (Å²) >= 11 is 7.68. The average Bonchev–Trinajstić information content (AvgIpc) is 2.96. The number of anilines is 1. The fraction of sp³-hybridized carbons (Fsp3) is 0.300. The van der Waals surface area contributed by atoms with Gasteiger partial charge in [0.2, 0.25) is 5.91 Å². The molecule has 1 heterocycles.